The summed E-state index contributed by atoms with van der Waals surface area (Å²) in [5.41, 5.74) is 1.00. The number of nitrogens with one attached hydrogen (secondary N) is 2. The number of hydrogen-bond acceptors (Lipinski definition) is 3. The summed E-state index contributed by atoms with van der Waals surface area (Å²) in [6.07, 6.45) is 4.05. The van der Waals surface area contributed by atoms with E-state index in [9.17, 15) is 0 Å². The maximum absolute atomic E-state index is 5.51. The highest BCUT2D eigenvalue weighted by atomic mass is 127. The molecule has 0 aliphatic heterocycles. The first kappa shape index (κ1) is 19.9. The molecular formula is C15H27IN4O. The Morgan fingerprint density at radius 3 is 2.76 bits per heavy atom. The van der Waals surface area contributed by atoms with Crippen LogP contribution < -0.4 is 15.4 Å². The average molecular weight is 406 g/mol. The minimum absolute atomic E-state index is 0. The highest BCUT2D eigenvalue weighted by molar-refractivity contribution is 14.0. The number of pyridine rings is 1. The lowest BCUT2D eigenvalue weighted by Crippen LogP contribution is -2.37. The molecule has 0 aliphatic rings. The first-order valence-electron chi connectivity index (χ1n) is 7.40. The van der Waals surface area contributed by atoms with Crippen LogP contribution >= 0.6 is 24.0 Å². The number of rotatable bonds is 8. The summed E-state index contributed by atoms with van der Waals surface area (Å²) in [6.45, 7) is 9.16. The number of unbranched alkanes of at least 4 members (excludes halogenated alkanes) is 1. The van der Waals surface area contributed by atoms with Gasteiger partial charge in [-0.25, -0.2) is 9.98 Å². The van der Waals surface area contributed by atoms with Crippen LogP contribution in [0.1, 0.15) is 39.2 Å². The molecule has 0 aliphatic carbocycles. The van der Waals surface area contributed by atoms with Crippen LogP contribution in [0, 0.1) is 0 Å². The van der Waals surface area contributed by atoms with E-state index in [-0.39, 0.29) is 24.0 Å². The van der Waals surface area contributed by atoms with Gasteiger partial charge < -0.3 is 15.4 Å². The first-order chi connectivity index (χ1) is 9.81. The Kier molecular flexibility index (Phi) is 12.0. The molecule has 0 radical (unpaired) electrons. The van der Waals surface area contributed by atoms with Gasteiger partial charge in [-0.3, -0.25) is 0 Å². The predicted octanol–water partition coefficient (Wildman–Crippen LogP) is 2.95. The molecule has 0 spiro atoms. The van der Waals surface area contributed by atoms with E-state index in [4.69, 9.17) is 4.74 Å². The molecule has 21 heavy (non-hydrogen) atoms. The van der Waals surface area contributed by atoms with Crippen molar-refractivity contribution in [2.24, 2.45) is 4.99 Å². The second-order valence-corrected chi connectivity index (χ2v) is 4.38. The van der Waals surface area contributed by atoms with Gasteiger partial charge in [0.2, 0.25) is 5.88 Å². The number of halogens is 1. The molecule has 0 saturated carbocycles. The van der Waals surface area contributed by atoms with Gasteiger partial charge in [0.25, 0.3) is 0 Å². The number of aliphatic imine (C=N–C) groups is 1. The van der Waals surface area contributed by atoms with Crippen molar-refractivity contribution in [2.45, 2.75) is 40.2 Å². The van der Waals surface area contributed by atoms with Crippen molar-refractivity contribution < 1.29 is 4.74 Å². The molecule has 5 nitrogen and oxygen atoms in total. The second kappa shape index (κ2) is 12.7. The Bertz CT molecular complexity index is 412. The fraction of sp³-hybridized carbons (Fsp3) is 0.600. The number of aromatic nitrogens is 1. The van der Waals surface area contributed by atoms with Gasteiger partial charge in [-0.15, -0.1) is 24.0 Å². The first-order valence-corrected chi connectivity index (χ1v) is 7.40. The zero-order valence-corrected chi connectivity index (χ0v) is 15.5. The Morgan fingerprint density at radius 2 is 2.10 bits per heavy atom. The minimum atomic E-state index is 0. The molecule has 0 fully saturated rings. The van der Waals surface area contributed by atoms with Gasteiger partial charge in [0.15, 0.2) is 5.96 Å². The Balaban J connectivity index is 0.00000400. The third-order valence-electron chi connectivity index (χ3n) is 2.71. The van der Waals surface area contributed by atoms with Crippen molar-refractivity contribution in [3.8, 4) is 5.88 Å². The second-order valence-electron chi connectivity index (χ2n) is 4.38. The van der Waals surface area contributed by atoms with Gasteiger partial charge in [-0.05, 0) is 26.3 Å². The van der Waals surface area contributed by atoms with Gasteiger partial charge in [-0.2, -0.15) is 0 Å². The van der Waals surface area contributed by atoms with E-state index < -0.39 is 0 Å². The Morgan fingerprint density at radius 1 is 1.29 bits per heavy atom. The zero-order chi connectivity index (χ0) is 14.6. The normalized spacial score (nSPS) is 10.7. The van der Waals surface area contributed by atoms with Gasteiger partial charge >= 0.3 is 0 Å². The molecule has 0 aromatic carbocycles. The maximum atomic E-state index is 5.51. The summed E-state index contributed by atoms with van der Waals surface area (Å²) in [6, 6.07) is 3.90. The average Bonchev–Trinajstić information content (AvgIpc) is 2.46. The number of nitrogens with zero attached hydrogens (tertiary/aromatic N) is 2. The monoisotopic (exact) mass is 406 g/mol. The van der Waals surface area contributed by atoms with Gasteiger partial charge in [-0.1, -0.05) is 19.4 Å². The summed E-state index contributed by atoms with van der Waals surface area (Å²) in [4.78, 5) is 8.81. The molecule has 0 unspecified atom stereocenters. The molecular weight excluding hydrogens is 379 g/mol. The lowest BCUT2D eigenvalue weighted by molar-refractivity contribution is 0.323. The Hall–Kier alpha value is -1.05. The summed E-state index contributed by atoms with van der Waals surface area (Å²) in [5.74, 6) is 1.51. The fourth-order valence-corrected chi connectivity index (χ4v) is 1.70. The lowest BCUT2D eigenvalue weighted by atomic mass is 10.3. The minimum Gasteiger partial charge on any atom is -0.478 e. The van der Waals surface area contributed by atoms with E-state index >= 15 is 0 Å². The largest absolute Gasteiger partial charge is 0.478 e. The predicted molar refractivity (Wildman–Crippen MR) is 98.5 cm³/mol. The van der Waals surface area contributed by atoms with Crippen LogP contribution in [-0.2, 0) is 6.54 Å². The smallest absolute Gasteiger partial charge is 0.218 e. The van der Waals surface area contributed by atoms with Crippen LogP contribution in [0.2, 0.25) is 0 Å². The van der Waals surface area contributed by atoms with E-state index in [2.05, 4.69) is 34.5 Å². The molecule has 0 atom stereocenters. The summed E-state index contributed by atoms with van der Waals surface area (Å²) in [7, 11) is 0. The van der Waals surface area contributed by atoms with Crippen molar-refractivity contribution in [1.82, 2.24) is 15.6 Å². The molecule has 120 valence electrons. The van der Waals surface area contributed by atoms with Crippen LogP contribution in [0.3, 0.4) is 0 Å². The van der Waals surface area contributed by atoms with Crippen molar-refractivity contribution in [2.75, 3.05) is 19.7 Å². The molecule has 0 bridgehead atoms. The van der Waals surface area contributed by atoms with Crippen LogP contribution in [0.4, 0.5) is 0 Å². The van der Waals surface area contributed by atoms with Gasteiger partial charge in [0.1, 0.15) is 0 Å². The topological polar surface area (TPSA) is 58.5 Å². The standard InChI is InChI=1S/C15H26N4O.HI/c1-4-7-10-18-15(16-5-2)19-12-13-9-8-11-17-14(13)20-6-3;/h8-9,11H,4-7,10,12H2,1-3H3,(H2,16,18,19);1H. The third-order valence-corrected chi connectivity index (χ3v) is 2.71. The quantitative estimate of drug-likeness (QED) is 0.302. The van der Waals surface area contributed by atoms with Crippen molar-refractivity contribution in [1.29, 1.82) is 0 Å². The third kappa shape index (κ3) is 8.08. The molecule has 2 N–H and O–H groups in total. The molecule has 1 aromatic rings. The summed E-state index contributed by atoms with van der Waals surface area (Å²) < 4.78 is 5.51. The van der Waals surface area contributed by atoms with E-state index in [0.717, 1.165) is 31.0 Å². The fourth-order valence-electron chi connectivity index (χ4n) is 1.70. The van der Waals surface area contributed by atoms with Crippen LogP contribution in [0.5, 0.6) is 5.88 Å². The van der Waals surface area contributed by atoms with E-state index in [1.54, 1.807) is 6.20 Å². The summed E-state index contributed by atoms with van der Waals surface area (Å²) >= 11 is 0. The highest BCUT2D eigenvalue weighted by Crippen LogP contribution is 2.15. The number of ether oxygens (including phenoxy) is 1. The number of guanidine groups is 1. The van der Waals surface area contributed by atoms with E-state index in [1.807, 2.05) is 19.1 Å². The molecule has 0 saturated heterocycles. The lowest BCUT2D eigenvalue weighted by Gasteiger charge is -2.11. The molecule has 6 heteroatoms. The van der Waals surface area contributed by atoms with Crippen molar-refractivity contribution >= 4 is 29.9 Å². The van der Waals surface area contributed by atoms with Crippen LogP contribution in [-0.4, -0.2) is 30.6 Å². The van der Waals surface area contributed by atoms with Gasteiger partial charge in [0.05, 0.1) is 13.2 Å². The van der Waals surface area contributed by atoms with E-state index in [0.29, 0.717) is 19.0 Å². The molecule has 1 rings (SSSR count). The van der Waals surface area contributed by atoms with Crippen LogP contribution in [0.15, 0.2) is 23.3 Å². The van der Waals surface area contributed by atoms with Crippen molar-refractivity contribution in [3.63, 3.8) is 0 Å². The number of hydrogen-bond donors (Lipinski definition) is 2. The van der Waals surface area contributed by atoms with Crippen molar-refractivity contribution in [3.05, 3.63) is 23.9 Å². The molecule has 1 heterocycles. The van der Waals surface area contributed by atoms with Gasteiger partial charge in [0, 0.05) is 24.8 Å². The SMILES string of the molecule is CCCCNC(=NCc1cccnc1OCC)NCC.I. The Labute approximate surface area is 145 Å². The zero-order valence-electron chi connectivity index (χ0n) is 13.2. The van der Waals surface area contributed by atoms with Crippen LogP contribution in [0.25, 0.3) is 0 Å². The highest BCUT2D eigenvalue weighted by Gasteiger charge is 2.04. The maximum Gasteiger partial charge on any atom is 0.218 e. The molecule has 1 aromatic heterocycles. The summed E-state index contributed by atoms with van der Waals surface area (Å²) in [5, 5.41) is 6.56. The molecule has 0 amide bonds. The van der Waals surface area contributed by atoms with E-state index in [1.165, 1.54) is 6.42 Å².